The van der Waals surface area contributed by atoms with Gasteiger partial charge >= 0.3 is 0 Å². The van der Waals surface area contributed by atoms with Gasteiger partial charge in [0, 0.05) is 30.6 Å². The molecule has 0 saturated carbocycles. The number of aromatic nitrogens is 1. The summed E-state index contributed by atoms with van der Waals surface area (Å²) >= 11 is 1.71. The molecule has 6 nitrogen and oxygen atoms in total. The van der Waals surface area contributed by atoms with Crippen LogP contribution in [0.25, 0.3) is 0 Å². The number of hydrogen-bond donors (Lipinski definition) is 3. The summed E-state index contributed by atoms with van der Waals surface area (Å²) in [6.07, 6.45) is 2.07. The molecule has 0 aliphatic carbocycles. The van der Waals surface area contributed by atoms with Crippen molar-refractivity contribution in [3.05, 3.63) is 45.9 Å². The maximum atomic E-state index is 10.3. The molecule has 0 bridgehead atoms. The van der Waals surface area contributed by atoms with Gasteiger partial charge in [-0.3, -0.25) is 4.99 Å². The van der Waals surface area contributed by atoms with Crippen molar-refractivity contribution in [2.24, 2.45) is 4.99 Å². The Morgan fingerprint density at radius 2 is 2.19 bits per heavy atom. The van der Waals surface area contributed by atoms with E-state index in [1.165, 1.54) is 4.88 Å². The Labute approximate surface area is 176 Å². The fourth-order valence-electron chi connectivity index (χ4n) is 2.28. The molecule has 1 heterocycles. The molecule has 0 radical (unpaired) electrons. The zero-order valence-corrected chi connectivity index (χ0v) is 18.5. The van der Waals surface area contributed by atoms with Crippen LogP contribution < -0.4 is 15.4 Å². The first-order valence-corrected chi connectivity index (χ1v) is 9.19. The van der Waals surface area contributed by atoms with Crippen LogP contribution in [-0.4, -0.2) is 42.8 Å². The number of hydrogen-bond acceptors (Lipinski definition) is 5. The summed E-state index contributed by atoms with van der Waals surface area (Å²) in [6, 6.07) is 7.41. The van der Waals surface area contributed by atoms with Gasteiger partial charge in [0.2, 0.25) is 0 Å². The molecule has 26 heavy (non-hydrogen) atoms. The van der Waals surface area contributed by atoms with Crippen molar-refractivity contribution in [1.29, 1.82) is 0 Å². The molecule has 8 heteroatoms. The lowest BCUT2D eigenvalue weighted by Crippen LogP contribution is -2.38. The number of nitrogens with one attached hydrogen (secondary N) is 2. The highest BCUT2D eigenvalue weighted by molar-refractivity contribution is 14.0. The van der Waals surface area contributed by atoms with E-state index in [1.54, 1.807) is 18.4 Å². The molecule has 2 aromatic rings. The van der Waals surface area contributed by atoms with Crippen molar-refractivity contribution in [3.8, 4) is 5.75 Å². The minimum Gasteiger partial charge on any atom is -0.497 e. The van der Waals surface area contributed by atoms with Crippen LogP contribution >= 0.6 is 35.3 Å². The number of aliphatic hydroxyl groups is 1. The first-order valence-electron chi connectivity index (χ1n) is 8.38. The van der Waals surface area contributed by atoms with E-state index in [0.717, 1.165) is 35.8 Å². The number of rotatable bonds is 8. The predicted octanol–water partition coefficient (Wildman–Crippen LogP) is 2.91. The van der Waals surface area contributed by atoms with E-state index < -0.39 is 6.10 Å². The van der Waals surface area contributed by atoms with Crippen LogP contribution in [0.4, 0.5) is 0 Å². The van der Waals surface area contributed by atoms with Crippen molar-refractivity contribution >= 4 is 41.3 Å². The smallest absolute Gasteiger partial charge is 0.191 e. The first kappa shape index (κ1) is 22.7. The van der Waals surface area contributed by atoms with Crippen LogP contribution in [0, 0.1) is 6.92 Å². The van der Waals surface area contributed by atoms with Crippen molar-refractivity contribution in [3.63, 3.8) is 0 Å². The number of methoxy groups -OCH3 is 1. The molecule has 144 valence electrons. The molecule has 1 aromatic carbocycles. The van der Waals surface area contributed by atoms with Crippen LogP contribution in [0.2, 0.25) is 0 Å². The third-order valence-corrected chi connectivity index (χ3v) is 4.52. The maximum Gasteiger partial charge on any atom is 0.191 e. The number of aliphatic hydroxyl groups excluding tert-OH is 1. The number of benzene rings is 1. The van der Waals surface area contributed by atoms with E-state index in [9.17, 15) is 5.11 Å². The molecular formula is C18H27IN4O2S. The number of guanidine groups is 1. The van der Waals surface area contributed by atoms with Gasteiger partial charge < -0.3 is 20.5 Å². The normalized spacial score (nSPS) is 12.2. The van der Waals surface area contributed by atoms with Gasteiger partial charge in [0.1, 0.15) is 5.75 Å². The van der Waals surface area contributed by atoms with Gasteiger partial charge in [0.25, 0.3) is 0 Å². The minimum atomic E-state index is -0.674. The lowest BCUT2D eigenvalue weighted by molar-refractivity contribution is 0.186. The second-order valence-electron chi connectivity index (χ2n) is 5.55. The van der Waals surface area contributed by atoms with Crippen LogP contribution in [0.3, 0.4) is 0 Å². The molecule has 0 fully saturated rings. The number of aliphatic imine (C=N–C) groups is 1. The number of halogens is 1. The molecule has 0 aliphatic heterocycles. The monoisotopic (exact) mass is 490 g/mol. The fraction of sp³-hybridized carbons (Fsp3) is 0.444. The predicted molar refractivity (Wildman–Crippen MR) is 118 cm³/mol. The average Bonchev–Trinajstić information content (AvgIpc) is 3.04. The lowest BCUT2D eigenvalue weighted by Gasteiger charge is -2.13. The van der Waals surface area contributed by atoms with Gasteiger partial charge in [0.15, 0.2) is 5.96 Å². The number of thiazole rings is 1. The summed E-state index contributed by atoms with van der Waals surface area (Å²) in [7, 11) is 1.61. The molecule has 0 aliphatic rings. The first-order chi connectivity index (χ1) is 12.1. The van der Waals surface area contributed by atoms with Crippen LogP contribution in [-0.2, 0) is 6.42 Å². The molecule has 2 rings (SSSR count). The van der Waals surface area contributed by atoms with E-state index in [1.807, 2.05) is 37.4 Å². The van der Waals surface area contributed by atoms with E-state index >= 15 is 0 Å². The Morgan fingerprint density at radius 1 is 1.38 bits per heavy atom. The fourth-order valence-corrected chi connectivity index (χ4v) is 3.07. The lowest BCUT2D eigenvalue weighted by atomic mass is 10.1. The molecule has 0 saturated heterocycles. The summed E-state index contributed by atoms with van der Waals surface area (Å²) in [5.41, 5.74) is 0.789. The largest absolute Gasteiger partial charge is 0.497 e. The summed E-state index contributed by atoms with van der Waals surface area (Å²) in [6.45, 7) is 5.85. The van der Waals surface area contributed by atoms with Gasteiger partial charge in [-0.05, 0) is 31.5 Å². The number of nitrogens with zero attached hydrogens (tertiary/aromatic N) is 2. The average molecular weight is 490 g/mol. The molecule has 1 unspecified atom stereocenters. The van der Waals surface area contributed by atoms with Crippen molar-refractivity contribution in [2.75, 3.05) is 26.7 Å². The molecule has 0 amide bonds. The quantitative estimate of drug-likeness (QED) is 0.302. The second-order valence-corrected chi connectivity index (χ2v) is 6.87. The van der Waals surface area contributed by atoms with Crippen LogP contribution in [0.15, 0.2) is 35.5 Å². The number of ether oxygens (including phenoxy) is 1. The molecular weight excluding hydrogens is 463 g/mol. The zero-order valence-electron chi connectivity index (χ0n) is 15.4. The molecule has 0 spiro atoms. The Morgan fingerprint density at radius 3 is 2.85 bits per heavy atom. The van der Waals surface area contributed by atoms with E-state index in [4.69, 9.17) is 4.74 Å². The molecule has 1 aromatic heterocycles. The summed E-state index contributed by atoms with van der Waals surface area (Å²) in [4.78, 5) is 10.0. The van der Waals surface area contributed by atoms with Crippen molar-refractivity contribution < 1.29 is 9.84 Å². The van der Waals surface area contributed by atoms with Gasteiger partial charge in [-0.1, -0.05) is 12.1 Å². The summed E-state index contributed by atoms with van der Waals surface area (Å²) < 4.78 is 5.19. The maximum absolute atomic E-state index is 10.3. The van der Waals surface area contributed by atoms with Crippen LogP contribution in [0.5, 0.6) is 5.75 Å². The Kier molecular flexibility index (Phi) is 10.5. The Hall–Kier alpha value is -1.39. The Balaban J connectivity index is 0.00000338. The van der Waals surface area contributed by atoms with E-state index in [0.29, 0.717) is 5.96 Å². The minimum absolute atomic E-state index is 0. The van der Waals surface area contributed by atoms with Crippen LogP contribution in [0.1, 0.15) is 28.5 Å². The van der Waals surface area contributed by atoms with E-state index in [-0.39, 0.29) is 30.5 Å². The highest BCUT2D eigenvalue weighted by atomic mass is 127. The third kappa shape index (κ3) is 7.46. The van der Waals surface area contributed by atoms with Gasteiger partial charge in [-0.15, -0.1) is 35.3 Å². The van der Waals surface area contributed by atoms with Crippen molar-refractivity contribution in [2.45, 2.75) is 26.4 Å². The van der Waals surface area contributed by atoms with Gasteiger partial charge in [0.05, 0.1) is 24.8 Å². The zero-order chi connectivity index (χ0) is 18.1. The van der Waals surface area contributed by atoms with Gasteiger partial charge in [-0.2, -0.15) is 0 Å². The third-order valence-electron chi connectivity index (χ3n) is 3.55. The van der Waals surface area contributed by atoms with E-state index in [2.05, 4.69) is 27.5 Å². The number of aryl methyl sites for hydroxylation is 1. The highest BCUT2D eigenvalue weighted by Crippen LogP contribution is 2.19. The second kappa shape index (κ2) is 12.1. The summed E-state index contributed by atoms with van der Waals surface area (Å²) in [5.74, 6) is 1.42. The molecule has 3 N–H and O–H groups in total. The Bertz CT molecular complexity index is 693. The van der Waals surface area contributed by atoms with Gasteiger partial charge in [-0.25, -0.2) is 4.98 Å². The summed E-state index contributed by atoms with van der Waals surface area (Å²) in [5, 5.41) is 17.9. The molecule has 1 atom stereocenters. The standard InChI is InChI=1S/C18H26N4O2S.HI/c1-4-19-18(20-9-8-17-21-11-13(2)25-17)22-12-16(23)14-6-5-7-15(10-14)24-3;/h5-7,10-11,16,23H,4,8-9,12H2,1-3H3,(H2,19,20,22);1H. The highest BCUT2D eigenvalue weighted by Gasteiger charge is 2.09. The SMILES string of the molecule is CCNC(=NCC(O)c1cccc(OC)c1)NCCc1ncc(C)s1.I. The van der Waals surface area contributed by atoms with Crippen molar-refractivity contribution in [1.82, 2.24) is 15.6 Å². The topological polar surface area (TPSA) is 78.8 Å².